The van der Waals surface area contributed by atoms with Crippen LogP contribution in [0.4, 0.5) is 0 Å². The number of benzene rings is 1. The van der Waals surface area contributed by atoms with E-state index in [9.17, 15) is 4.79 Å². The number of carbonyl (C=O) groups is 1. The predicted octanol–water partition coefficient (Wildman–Crippen LogP) is 4.47. The first-order valence-electron chi connectivity index (χ1n) is 8.68. The van der Waals surface area contributed by atoms with Gasteiger partial charge in [-0.2, -0.15) is 0 Å². The molecule has 0 unspecified atom stereocenters. The number of aryl methyl sites for hydroxylation is 1. The minimum absolute atomic E-state index is 0.0465. The van der Waals surface area contributed by atoms with Gasteiger partial charge in [0.2, 0.25) is 0 Å². The molecule has 4 fully saturated rings. The Morgan fingerprint density at radius 1 is 1.00 bits per heavy atom. The minimum Gasteiger partial charge on any atom is -0.347 e. The summed E-state index contributed by atoms with van der Waals surface area (Å²) >= 11 is 0. The highest BCUT2D eigenvalue weighted by Gasteiger charge is 2.60. The highest BCUT2D eigenvalue weighted by atomic mass is 16.1. The molecule has 5 rings (SSSR count). The number of carbonyl (C=O) groups excluding carboxylic acids is 1. The van der Waals surface area contributed by atoms with E-state index in [1.165, 1.54) is 44.1 Å². The maximum atomic E-state index is 12.7. The Hall–Kier alpha value is -1.31. The highest BCUT2D eigenvalue weighted by Crippen LogP contribution is 2.66. The van der Waals surface area contributed by atoms with Gasteiger partial charge < -0.3 is 5.32 Å². The molecule has 0 aliphatic heterocycles. The second-order valence-electron chi connectivity index (χ2n) is 9.23. The van der Waals surface area contributed by atoms with Gasteiger partial charge in [0.1, 0.15) is 0 Å². The Kier molecular flexibility index (Phi) is 2.84. The molecule has 4 saturated carbocycles. The number of hydrogen-bond donors (Lipinski definition) is 1. The summed E-state index contributed by atoms with van der Waals surface area (Å²) in [6, 6.07) is 7.96. The van der Waals surface area contributed by atoms with Crippen LogP contribution in [0.1, 0.15) is 68.3 Å². The lowest BCUT2D eigenvalue weighted by Gasteiger charge is -2.65. The predicted molar refractivity (Wildman–Crippen MR) is 88.8 cm³/mol. The first-order chi connectivity index (χ1) is 10.3. The molecule has 0 heterocycles. The summed E-state index contributed by atoms with van der Waals surface area (Å²) in [4.78, 5) is 12.7. The molecule has 0 spiro atoms. The molecular weight excluding hydrogens is 270 g/mol. The molecular formula is C20H27NO. The van der Waals surface area contributed by atoms with Gasteiger partial charge >= 0.3 is 0 Å². The molecule has 2 heteroatoms. The molecule has 0 saturated heterocycles. The minimum atomic E-state index is 0.0465. The largest absolute Gasteiger partial charge is 0.347 e. The Morgan fingerprint density at radius 2 is 1.59 bits per heavy atom. The van der Waals surface area contributed by atoms with Crippen LogP contribution in [0.25, 0.3) is 0 Å². The van der Waals surface area contributed by atoms with Gasteiger partial charge in [0.05, 0.1) is 0 Å². The third kappa shape index (κ3) is 2.28. The smallest absolute Gasteiger partial charge is 0.251 e. The van der Waals surface area contributed by atoms with Crippen molar-refractivity contribution in [3.8, 4) is 0 Å². The summed E-state index contributed by atoms with van der Waals surface area (Å²) in [7, 11) is 0. The summed E-state index contributed by atoms with van der Waals surface area (Å²) in [5.74, 6) is 0.929. The lowest BCUT2D eigenvalue weighted by molar-refractivity contribution is -0.114. The molecule has 22 heavy (non-hydrogen) atoms. The van der Waals surface area contributed by atoms with Gasteiger partial charge in [0.25, 0.3) is 5.91 Å². The summed E-state index contributed by atoms with van der Waals surface area (Å²) in [6.07, 6.45) is 7.61. The molecule has 118 valence electrons. The van der Waals surface area contributed by atoms with Crippen molar-refractivity contribution in [2.45, 2.75) is 64.8 Å². The summed E-state index contributed by atoms with van der Waals surface area (Å²) < 4.78 is 0. The molecule has 0 aromatic heterocycles. The molecule has 4 bridgehead atoms. The topological polar surface area (TPSA) is 29.1 Å². The number of amides is 1. The Balaban J connectivity index is 1.60. The first kappa shape index (κ1) is 14.3. The third-order valence-electron chi connectivity index (χ3n) is 6.32. The number of nitrogens with one attached hydrogen (secondary N) is 1. The van der Waals surface area contributed by atoms with Crippen LogP contribution in [-0.4, -0.2) is 11.4 Å². The molecule has 1 N–H and O–H groups in total. The van der Waals surface area contributed by atoms with E-state index in [0.29, 0.717) is 10.8 Å². The molecule has 2 nitrogen and oxygen atoms in total. The van der Waals surface area contributed by atoms with Crippen molar-refractivity contribution < 1.29 is 4.79 Å². The van der Waals surface area contributed by atoms with Crippen LogP contribution in [0.5, 0.6) is 0 Å². The monoisotopic (exact) mass is 297 g/mol. The van der Waals surface area contributed by atoms with E-state index >= 15 is 0 Å². The van der Waals surface area contributed by atoms with Crippen molar-refractivity contribution >= 4 is 5.91 Å². The van der Waals surface area contributed by atoms with Crippen LogP contribution < -0.4 is 5.32 Å². The molecule has 0 radical (unpaired) electrons. The van der Waals surface area contributed by atoms with Gasteiger partial charge in [-0.15, -0.1) is 0 Å². The molecule has 1 aromatic rings. The number of hydrogen-bond acceptors (Lipinski definition) is 1. The SMILES string of the molecule is Cc1ccc(C(=O)NC23CC4C[C@@](C)(C2)C[C@@](C)(C4)C3)cc1. The fourth-order valence-electron chi connectivity index (χ4n) is 6.61. The zero-order valence-electron chi connectivity index (χ0n) is 14.0. The first-order valence-corrected chi connectivity index (χ1v) is 8.68. The lowest BCUT2D eigenvalue weighted by Crippen LogP contribution is -2.65. The molecule has 4 aliphatic carbocycles. The van der Waals surface area contributed by atoms with Crippen LogP contribution in [0.3, 0.4) is 0 Å². The molecule has 2 atom stereocenters. The standard InChI is InChI=1S/C20H27NO/c1-14-4-6-16(7-5-14)17(22)21-20-10-15-8-18(2,12-20)11-19(3,9-15)13-20/h4-7,15H,8-13H2,1-3H3,(H,21,22)/t15?,18-,19-,20?/m1/s1. The zero-order chi connectivity index (χ0) is 15.6. The molecule has 1 amide bonds. The van der Waals surface area contributed by atoms with Gasteiger partial charge in [0, 0.05) is 11.1 Å². The second-order valence-corrected chi connectivity index (χ2v) is 9.23. The summed E-state index contributed by atoms with van der Waals surface area (Å²) in [5, 5.41) is 3.47. The second kappa shape index (κ2) is 4.37. The quantitative estimate of drug-likeness (QED) is 0.857. The van der Waals surface area contributed by atoms with Crippen molar-refractivity contribution in [1.82, 2.24) is 5.32 Å². The highest BCUT2D eigenvalue weighted by molar-refractivity contribution is 5.94. The fourth-order valence-corrected chi connectivity index (χ4v) is 6.61. The van der Waals surface area contributed by atoms with E-state index in [2.05, 4.69) is 26.1 Å². The van der Waals surface area contributed by atoms with E-state index in [1.807, 2.05) is 24.3 Å². The average molecular weight is 297 g/mol. The molecule has 4 aliphatic rings. The van der Waals surface area contributed by atoms with E-state index in [0.717, 1.165) is 11.5 Å². The van der Waals surface area contributed by atoms with Gasteiger partial charge in [-0.05, 0) is 74.3 Å². The van der Waals surface area contributed by atoms with Crippen molar-refractivity contribution in [2.75, 3.05) is 0 Å². The maximum absolute atomic E-state index is 12.7. The van der Waals surface area contributed by atoms with Crippen LogP contribution in [-0.2, 0) is 0 Å². The Bertz CT molecular complexity index is 599. The van der Waals surface area contributed by atoms with E-state index < -0.39 is 0 Å². The van der Waals surface area contributed by atoms with Crippen molar-refractivity contribution in [3.05, 3.63) is 35.4 Å². The van der Waals surface area contributed by atoms with E-state index in [4.69, 9.17) is 0 Å². The third-order valence-corrected chi connectivity index (χ3v) is 6.32. The van der Waals surface area contributed by atoms with Crippen LogP contribution >= 0.6 is 0 Å². The normalized spacial score (nSPS) is 42.4. The van der Waals surface area contributed by atoms with Gasteiger partial charge in [-0.25, -0.2) is 0 Å². The maximum Gasteiger partial charge on any atom is 0.251 e. The van der Waals surface area contributed by atoms with E-state index in [1.54, 1.807) is 0 Å². The van der Waals surface area contributed by atoms with Crippen molar-refractivity contribution in [2.24, 2.45) is 16.7 Å². The van der Waals surface area contributed by atoms with Gasteiger partial charge in [-0.3, -0.25) is 4.79 Å². The lowest BCUT2D eigenvalue weighted by atomic mass is 9.43. The fraction of sp³-hybridized carbons (Fsp3) is 0.650. The number of rotatable bonds is 2. The van der Waals surface area contributed by atoms with Crippen molar-refractivity contribution in [3.63, 3.8) is 0 Å². The summed E-state index contributed by atoms with van der Waals surface area (Å²) in [6.45, 7) is 6.95. The average Bonchev–Trinajstić information content (AvgIpc) is 2.34. The zero-order valence-corrected chi connectivity index (χ0v) is 14.0. The Labute approximate surface area is 133 Å². The van der Waals surface area contributed by atoms with Gasteiger partial charge in [-0.1, -0.05) is 31.5 Å². The van der Waals surface area contributed by atoms with E-state index in [-0.39, 0.29) is 11.4 Å². The summed E-state index contributed by atoms with van der Waals surface area (Å²) in [5.41, 5.74) is 2.93. The molecule has 1 aromatic carbocycles. The van der Waals surface area contributed by atoms with Crippen LogP contribution in [0, 0.1) is 23.7 Å². The Morgan fingerprint density at radius 3 is 2.14 bits per heavy atom. The van der Waals surface area contributed by atoms with Crippen LogP contribution in [0.2, 0.25) is 0 Å². The van der Waals surface area contributed by atoms with Crippen molar-refractivity contribution in [1.29, 1.82) is 0 Å². The van der Waals surface area contributed by atoms with Gasteiger partial charge in [0.15, 0.2) is 0 Å². The van der Waals surface area contributed by atoms with Crippen LogP contribution in [0.15, 0.2) is 24.3 Å².